The molecule has 0 fully saturated rings. The first-order valence-electron chi connectivity index (χ1n) is 11.2. The van der Waals surface area contributed by atoms with Crippen molar-refractivity contribution in [3.8, 4) is 0 Å². The number of rotatable bonds is 14. The lowest BCUT2D eigenvalue weighted by Crippen LogP contribution is -2.43. The number of benzene rings is 1. The topological polar surface area (TPSA) is 68.0 Å². The van der Waals surface area contributed by atoms with Gasteiger partial charge in [-0.15, -0.1) is 0 Å². The van der Waals surface area contributed by atoms with E-state index in [9.17, 15) is 4.79 Å². The van der Waals surface area contributed by atoms with Gasteiger partial charge in [0, 0.05) is 41.2 Å². The molecule has 0 radical (unpaired) electrons. The van der Waals surface area contributed by atoms with Crippen LogP contribution in [0.3, 0.4) is 0 Å². The van der Waals surface area contributed by atoms with Gasteiger partial charge in [-0.1, -0.05) is 11.8 Å². The molecule has 0 aliphatic rings. The highest BCUT2D eigenvalue weighted by Crippen LogP contribution is 2.50. The van der Waals surface area contributed by atoms with Gasteiger partial charge in [-0.2, -0.15) is 0 Å². The Balaban J connectivity index is 2.50. The molecule has 0 amide bonds. The van der Waals surface area contributed by atoms with Crippen LogP contribution in [0.25, 0.3) is 0 Å². The molecule has 6 nitrogen and oxygen atoms in total. The van der Waals surface area contributed by atoms with E-state index in [-0.39, 0.29) is 5.12 Å². The summed E-state index contributed by atoms with van der Waals surface area (Å²) in [6.45, 7) is 19.4. The first-order chi connectivity index (χ1) is 14.6. The minimum atomic E-state index is -0.896. The summed E-state index contributed by atoms with van der Waals surface area (Å²) in [5.41, 5.74) is 6.99. The third-order valence-corrected chi connectivity index (χ3v) is 8.47. The standard InChI is InChI=1S/C23H42N3O3PS/c1-17(2)25(18(3)4)30(26(19(5)6)20(7)8)29-14-13-28-15-16-31-23(27)21-9-11-22(24)12-10-21/h9-12,17-20H,13-16,24H2,1-8H3. The maximum Gasteiger partial charge on any atom is 0.219 e. The zero-order valence-electron chi connectivity index (χ0n) is 20.5. The Bertz CT molecular complexity index is 605. The highest BCUT2D eigenvalue weighted by Gasteiger charge is 2.34. The molecule has 0 aliphatic heterocycles. The predicted octanol–water partition coefficient (Wildman–Crippen LogP) is 5.64. The van der Waals surface area contributed by atoms with Crippen molar-refractivity contribution in [2.75, 3.05) is 31.3 Å². The van der Waals surface area contributed by atoms with Crippen LogP contribution in [0, 0.1) is 0 Å². The number of nitrogens with two attached hydrogens (primary N) is 1. The first kappa shape index (κ1) is 28.3. The van der Waals surface area contributed by atoms with Crippen LogP contribution in [0.1, 0.15) is 65.7 Å². The molecule has 1 aromatic rings. The Morgan fingerprint density at radius 2 is 1.35 bits per heavy atom. The van der Waals surface area contributed by atoms with Crippen molar-refractivity contribution in [3.05, 3.63) is 29.8 Å². The molecule has 0 bridgehead atoms. The van der Waals surface area contributed by atoms with E-state index >= 15 is 0 Å². The number of anilines is 1. The fourth-order valence-electron chi connectivity index (χ4n) is 3.41. The quantitative estimate of drug-likeness (QED) is 0.214. The van der Waals surface area contributed by atoms with Gasteiger partial charge in [0.15, 0.2) is 8.45 Å². The molecule has 1 aromatic carbocycles. The highest BCUT2D eigenvalue weighted by molar-refractivity contribution is 8.14. The molecule has 0 saturated heterocycles. The van der Waals surface area contributed by atoms with Gasteiger partial charge in [-0.3, -0.25) is 4.79 Å². The van der Waals surface area contributed by atoms with Gasteiger partial charge in [0.2, 0.25) is 5.12 Å². The summed E-state index contributed by atoms with van der Waals surface area (Å²) in [5.74, 6) is 0.617. The first-order valence-corrected chi connectivity index (χ1v) is 13.3. The maximum absolute atomic E-state index is 12.2. The summed E-state index contributed by atoms with van der Waals surface area (Å²) in [6.07, 6.45) is 0. The predicted molar refractivity (Wildman–Crippen MR) is 136 cm³/mol. The molecule has 0 unspecified atom stereocenters. The third kappa shape index (κ3) is 9.77. The minimum Gasteiger partial charge on any atom is -0.399 e. The van der Waals surface area contributed by atoms with Gasteiger partial charge in [-0.05, 0) is 79.7 Å². The van der Waals surface area contributed by atoms with Gasteiger partial charge >= 0.3 is 0 Å². The van der Waals surface area contributed by atoms with E-state index in [4.69, 9.17) is 15.0 Å². The smallest absolute Gasteiger partial charge is 0.219 e. The second-order valence-electron chi connectivity index (χ2n) is 8.59. The number of nitrogen functional groups attached to an aromatic ring is 1. The monoisotopic (exact) mass is 471 g/mol. The van der Waals surface area contributed by atoms with Crippen molar-refractivity contribution in [2.45, 2.75) is 79.6 Å². The van der Waals surface area contributed by atoms with Crippen LogP contribution in [0.2, 0.25) is 0 Å². The van der Waals surface area contributed by atoms with Crippen molar-refractivity contribution < 1.29 is 14.1 Å². The van der Waals surface area contributed by atoms with E-state index in [2.05, 4.69) is 64.7 Å². The normalized spacial score (nSPS) is 12.5. The number of ether oxygens (including phenoxy) is 1. The van der Waals surface area contributed by atoms with Gasteiger partial charge in [-0.25, -0.2) is 9.34 Å². The van der Waals surface area contributed by atoms with Crippen molar-refractivity contribution in [1.82, 2.24) is 9.34 Å². The van der Waals surface area contributed by atoms with Crippen LogP contribution in [0.5, 0.6) is 0 Å². The average molecular weight is 472 g/mol. The van der Waals surface area contributed by atoms with Gasteiger partial charge in [0.1, 0.15) is 0 Å². The largest absolute Gasteiger partial charge is 0.399 e. The third-order valence-electron chi connectivity index (χ3n) is 4.55. The van der Waals surface area contributed by atoms with Crippen LogP contribution < -0.4 is 5.73 Å². The molecule has 1 rings (SSSR count). The van der Waals surface area contributed by atoms with E-state index in [0.29, 0.717) is 61.0 Å². The summed E-state index contributed by atoms with van der Waals surface area (Å²) < 4.78 is 17.1. The second kappa shape index (κ2) is 14.5. The molecule has 8 heteroatoms. The van der Waals surface area contributed by atoms with Crippen LogP contribution in [-0.2, 0) is 9.26 Å². The summed E-state index contributed by atoms with van der Waals surface area (Å²) in [5, 5.41) is 0.0392. The van der Waals surface area contributed by atoms with Crippen LogP contribution in [-0.4, -0.2) is 64.2 Å². The number of hydrogen-bond donors (Lipinski definition) is 1. The van der Waals surface area contributed by atoms with Crippen LogP contribution in [0.15, 0.2) is 24.3 Å². The minimum absolute atomic E-state index is 0.0392. The summed E-state index contributed by atoms with van der Waals surface area (Å²) in [6, 6.07) is 8.57. The molecule has 0 saturated carbocycles. The summed E-state index contributed by atoms with van der Waals surface area (Å²) >= 11 is 1.27. The number of carbonyl (C=O) groups is 1. The lowest BCUT2D eigenvalue weighted by atomic mass is 10.2. The average Bonchev–Trinajstić information content (AvgIpc) is 2.66. The van der Waals surface area contributed by atoms with Gasteiger partial charge in [0.05, 0.1) is 19.8 Å². The van der Waals surface area contributed by atoms with E-state index in [1.54, 1.807) is 24.3 Å². The molecule has 0 aromatic heterocycles. The lowest BCUT2D eigenvalue weighted by Gasteiger charge is -2.45. The highest BCUT2D eigenvalue weighted by atomic mass is 32.2. The summed E-state index contributed by atoms with van der Waals surface area (Å²) in [7, 11) is -0.896. The summed E-state index contributed by atoms with van der Waals surface area (Å²) in [4.78, 5) is 12.2. The van der Waals surface area contributed by atoms with E-state index in [0.717, 1.165) is 0 Å². The zero-order valence-corrected chi connectivity index (χ0v) is 22.2. The second-order valence-corrected chi connectivity index (χ2v) is 11.3. The Labute approximate surface area is 195 Å². The molecule has 178 valence electrons. The molecule has 0 atom stereocenters. The maximum atomic E-state index is 12.2. The molecule has 0 aliphatic carbocycles. The number of carbonyl (C=O) groups excluding carboxylic acids is 1. The van der Waals surface area contributed by atoms with Gasteiger partial charge < -0.3 is 15.0 Å². The van der Waals surface area contributed by atoms with Gasteiger partial charge in [0.25, 0.3) is 0 Å². The molecular formula is C23H42N3O3PS. The van der Waals surface area contributed by atoms with Crippen molar-refractivity contribution in [3.63, 3.8) is 0 Å². The number of thioether (sulfide) groups is 1. The fourth-order valence-corrected chi connectivity index (χ4v) is 6.42. The lowest BCUT2D eigenvalue weighted by molar-refractivity contribution is 0.100. The van der Waals surface area contributed by atoms with Crippen molar-refractivity contribution in [1.29, 1.82) is 0 Å². The molecular weight excluding hydrogens is 429 g/mol. The SMILES string of the molecule is CC(C)N(C(C)C)P(OCCOCCSC(=O)c1ccc(N)cc1)N(C(C)C)C(C)C. The Hall–Kier alpha value is -0.690. The Morgan fingerprint density at radius 3 is 1.81 bits per heavy atom. The Morgan fingerprint density at radius 1 is 0.871 bits per heavy atom. The molecule has 31 heavy (non-hydrogen) atoms. The van der Waals surface area contributed by atoms with E-state index in [1.807, 2.05) is 0 Å². The van der Waals surface area contributed by atoms with Crippen LogP contribution in [0.4, 0.5) is 5.69 Å². The number of nitrogens with zero attached hydrogens (tertiary/aromatic N) is 2. The van der Waals surface area contributed by atoms with Crippen molar-refractivity contribution >= 4 is 31.0 Å². The number of hydrogen-bond acceptors (Lipinski definition) is 7. The molecule has 0 heterocycles. The zero-order chi connectivity index (χ0) is 23.6. The van der Waals surface area contributed by atoms with E-state index < -0.39 is 8.45 Å². The fraction of sp³-hybridized carbons (Fsp3) is 0.696. The molecule has 2 N–H and O–H groups in total. The van der Waals surface area contributed by atoms with Crippen LogP contribution >= 0.6 is 20.2 Å². The van der Waals surface area contributed by atoms with Crippen molar-refractivity contribution in [2.24, 2.45) is 0 Å². The molecule has 0 spiro atoms. The Kier molecular flexibility index (Phi) is 13.2. The van der Waals surface area contributed by atoms with E-state index in [1.165, 1.54) is 11.8 Å².